The zero-order chi connectivity index (χ0) is 32.0. The van der Waals surface area contributed by atoms with Crippen molar-refractivity contribution in [1.29, 1.82) is 0 Å². The lowest BCUT2D eigenvalue weighted by Gasteiger charge is -2.22. The normalized spacial score (nSPS) is 18.6. The molecule has 0 radical (unpaired) electrons. The minimum Gasteiger partial charge on any atom is -0.338 e. The van der Waals surface area contributed by atoms with Crippen molar-refractivity contribution in [3.63, 3.8) is 0 Å². The predicted octanol–water partition coefficient (Wildman–Crippen LogP) is 9.62. The molecule has 2 unspecified atom stereocenters. The minimum atomic E-state index is -0.130. The highest BCUT2D eigenvalue weighted by molar-refractivity contribution is 6.03. The molecular formula is C38H56N4O2. The van der Waals surface area contributed by atoms with E-state index >= 15 is 0 Å². The van der Waals surface area contributed by atoms with Gasteiger partial charge in [0.2, 0.25) is 0 Å². The molecule has 2 aliphatic rings. The van der Waals surface area contributed by atoms with Gasteiger partial charge in [-0.1, -0.05) is 66.2 Å². The summed E-state index contributed by atoms with van der Waals surface area (Å²) in [5.41, 5.74) is 14.8. The number of anilines is 2. The molecule has 0 aromatic heterocycles. The summed E-state index contributed by atoms with van der Waals surface area (Å²) in [6.45, 7) is 19.2. The number of amides is 4. The van der Waals surface area contributed by atoms with Gasteiger partial charge < -0.3 is 21.3 Å². The smallest absolute Gasteiger partial charge is 0.319 e. The number of rotatable bonds is 12. The molecule has 0 saturated carbocycles. The van der Waals surface area contributed by atoms with Gasteiger partial charge in [-0.05, 0) is 133 Å². The number of aryl methyl sites for hydroxylation is 2. The van der Waals surface area contributed by atoms with Crippen LogP contribution in [-0.2, 0) is 12.8 Å². The summed E-state index contributed by atoms with van der Waals surface area (Å²) in [7, 11) is 0. The Labute approximate surface area is 266 Å². The molecule has 0 heterocycles. The molecule has 0 aliphatic heterocycles. The highest BCUT2D eigenvalue weighted by atomic mass is 16.2. The van der Waals surface area contributed by atoms with Crippen molar-refractivity contribution in [2.75, 3.05) is 23.7 Å². The van der Waals surface area contributed by atoms with Crippen LogP contribution in [0.4, 0.5) is 21.0 Å². The standard InChI is InChI=1S/C38H56N4O2/c1-9-11-13-15-17-39-37(43)41-31-21-23(3)29-19-25(5)33(35(29)27(31)7)34-26(6)20-30-24(4)22-32(28(8)36(30)34)42-38(44)40-18-16-14-12-10-2/h21-22,25-26H,9-20H2,1-8H3,(H2,39,41,43)(H2,40,42,44)/b34-33+. The third-order valence-electron chi connectivity index (χ3n) is 9.80. The van der Waals surface area contributed by atoms with E-state index in [1.54, 1.807) is 0 Å². The molecule has 0 bridgehead atoms. The summed E-state index contributed by atoms with van der Waals surface area (Å²) in [4.78, 5) is 25.7. The van der Waals surface area contributed by atoms with Gasteiger partial charge in [0.25, 0.3) is 0 Å². The maximum atomic E-state index is 12.9. The molecule has 2 aromatic carbocycles. The molecule has 2 atom stereocenters. The van der Waals surface area contributed by atoms with E-state index in [0.29, 0.717) is 24.9 Å². The van der Waals surface area contributed by atoms with Crippen LogP contribution in [0.3, 0.4) is 0 Å². The summed E-state index contributed by atoms with van der Waals surface area (Å²) < 4.78 is 0. The number of nitrogens with one attached hydrogen (secondary N) is 4. The SMILES string of the molecule is CCCCCCNC(=O)Nc1cc(C)c2c(c1C)/C(=C1/c3c(C)c(NC(=O)NCCCCCC)cc(C)c3CC1C)C(C)C2. The fraction of sp³-hybridized carbons (Fsp3) is 0.579. The van der Waals surface area contributed by atoms with Crippen LogP contribution < -0.4 is 21.3 Å². The van der Waals surface area contributed by atoms with Gasteiger partial charge in [0, 0.05) is 24.5 Å². The third kappa shape index (κ3) is 7.33. The van der Waals surface area contributed by atoms with Crippen molar-refractivity contribution in [1.82, 2.24) is 10.6 Å². The molecule has 0 saturated heterocycles. The Morgan fingerprint density at radius 2 is 1.02 bits per heavy atom. The van der Waals surface area contributed by atoms with Crippen molar-refractivity contribution in [2.45, 2.75) is 120 Å². The number of fused-ring (bicyclic) bond motifs is 2. The van der Waals surface area contributed by atoms with Crippen molar-refractivity contribution in [3.8, 4) is 0 Å². The van der Waals surface area contributed by atoms with E-state index in [-0.39, 0.29) is 12.1 Å². The van der Waals surface area contributed by atoms with Gasteiger partial charge in [-0.15, -0.1) is 0 Å². The van der Waals surface area contributed by atoms with Gasteiger partial charge in [0.15, 0.2) is 0 Å². The molecule has 0 fully saturated rings. The monoisotopic (exact) mass is 600 g/mol. The Hall–Kier alpha value is -3.28. The molecule has 4 rings (SSSR count). The van der Waals surface area contributed by atoms with Crippen molar-refractivity contribution in [3.05, 3.63) is 56.6 Å². The van der Waals surface area contributed by atoms with Gasteiger partial charge in [-0.3, -0.25) is 0 Å². The molecule has 4 N–H and O–H groups in total. The van der Waals surface area contributed by atoms with Crippen LogP contribution in [0, 0.1) is 39.5 Å². The summed E-state index contributed by atoms with van der Waals surface area (Å²) in [5.74, 6) is 0.743. The van der Waals surface area contributed by atoms with Crippen molar-refractivity contribution < 1.29 is 9.59 Å². The summed E-state index contributed by atoms with van der Waals surface area (Å²) in [5, 5.41) is 12.5. The molecule has 240 valence electrons. The number of unbranched alkanes of at least 4 members (excludes halogenated alkanes) is 6. The fourth-order valence-electron chi connectivity index (χ4n) is 7.40. The maximum absolute atomic E-state index is 12.9. The number of benzene rings is 2. The van der Waals surface area contributed by atoms with Crippen molar-refractivity contribution >= 4 is 34.6 Å². The Kier molecular flexibility index (Phi) is 11.6. The largest absolute Gasteiger partial charge is 0.338 e. The highest BCUT2D eigenvalue weighted by Gasteiger charge is 2.37. The van der Waals surface area contributed by atoms with Crippen LogP contribution in [0.5, 0.6) is 0 Å². The summed E-state index contributed by atoms with van der Waals surface area (Å²) in [6, 6.07) is 4.04. The topological polar surface area (TPSA) is 82.3 Å². The third-order valence-corrected chi connectivity index (χ3v) is 9.80. The molecule has 2 aliphatic carbocycles. The number of hydrogen-bond donors (Lipinski definition) is 4. The Morgan fingerprint density at radius 3 is 1.39 bits per heavy atom. The van der Waals surface area contributed by atoms with Crippen LogP contribution in [-0.4, -0.2) is 25.2 Å². The molecule has 6 heteroatoms. The number of carbonyl (C=O) groups excluding carboxylic acids is 2. The Morgan fingerprint density at radius 1 is 0.636 bits per heavy atom. The highest BCUT2D eigenvalue weighted by Crippen LogP contribution is 2.53. The quantitative estimate of drug-likeness (QED) is 0.183. The van der Waals surface area contributed by atoms with Gasteiger partial charge in [-0.25, -0.2) is 9.59 Å². The van der Waals surface area contributed by atoms with Crippen molar-refractivity contribution in [2.24, 2.45) is 11.8 Å². The van der Waals surface area contributed by atoms with Gasteiger partial charge in [0.1, 0.15) is 0 Å². The van der Waals surface area contributed by atoms with E-state index in [1.165, 1.54) is 70.2 Å². The molecule has 0 spiro atoms. The zero-order valence-corrected chi connectivity index (χ0v) is 28.6. The second-order valence-electron chi connectivity index (χ2n) is 13.4. The summed E-state index contributed by atoms with van der Waals surface area (Å²) >= 11 is 0. The van der Waals surface area contributed by atoms with Gasteiger partial charge >= 0.3 is 12.1 Å². The van der Waals surface area contributed by atoms with Crippen LogP contribution in [0.2, 0.25) is 0 Å². The lowest BCUT2D eigenvalue weighted by atomic mass is 9.84. The second-order valence-corrected chi connectivity index (χ2v) is 13.4. The lowest BCUT2D eigenvalue weighted by molar-refractivity contribution is 0.251. The Balaban J connectivity index is 1.67. The van der Waals surface area contributed by atoms with Gasteiger partial charge in [0.05, 0.1) is 0 Å². The predicted molar refractivity (Wildman–Crippen MR) is 187 cm³/mol. The summed E-state index contributed by atoms with van der Waals surface area (Å²) in [6.07, 6.45) is 11.1. The average Bonchev–Trinajstić information content (AvgIpc) is 3.50. The lowest BCUT2D eigenvalue weighted by Crippen LogP contribution is -2.30. The number of hydrogen-bond acceptors (Lipinski definition) is 2. The fourth-order valence-corrected chi connectivity index (χ4v) is 7.40. The van der Waals surface area contributed by atoms with Crippen LogP contribution in [0.25, 0.3) is 11.1 Å². The van der Waals surface area contributed by atoms with Crippen LogP contribution in [0.1, 0.15) is 124 Å². The van der Waals surface area contributed by atoms with E-state index in [2.05, 4.69) is 88.8 Å². The Bertz CT molecular complexity index is 1300. The minimum absolute atomic E-state index is 0.130. The number of urea groups is 2. The van der Waals surface area contributed by atoms with E-state index in [9.17, 15) is 9.59 Å². The van der Waals surface area contributed by atoms with E-state index < -0.39 is 0 Å². The first kappa shape index (κ1) is 33.6. The van der Waals surface area contributed by atoms with Gasteiger partial charge in [-0.2, -0.15) is 0 Å². The van der Waals surface area contributed by atoms with E-state index in [1.807, 2.05) is 0 Å². The molecular weight excluding hydrogens is 544 g/mol. The number of allylic oxidation sites excluding steroid dienone is 2. The average molecular weight is 601 g/mol. The maximum Gasteiger partial charge on any atom is 0.319 e. The first-order valence-electron chi connectivity index (χ1n) is 17.2. The van der Waals surface area contributed by atoms with Crippen LogP contribution >= 0.6 is 0 Å². The first-order chi connectivity index (χ1) is 21.1. The van der Waals surface area contributed by atoms with Crippen LogP contribution in [0.15, 0.2) is 12.1 Å². The molecule has 44 heavy (non-hydrogen) atoms. The molecule has 2 aromatic rings. The number of carbonyl (C=O) groups is 2. The van der Waals surface area contributed by atoms with E-state index in [4.69, 9.17) is 0 Å². The zero-order valence-electron chi connectivity index (χ0n) is 28.6. The molecule has 6 nitrogen and oxygen atoms in total. The van der Waals surface area contributed by atoms with E-state index in [0.717, 1.165) is 61.0 Å². The molecule has 4 amide bonds. The first-order valence-corrected chi connectivity index (χ1v) is 17.2. The second kappa shape index (κ2) is 15.1.